The maximum absolute atomic E-state index is 14.4. The fraction of sp³-hybridized carbons (Fsp3) is 0.611. The summed E-state index contributed by atoms with van der Waals surface area (Å²) < 4.78 is 14.4. The van der Waals surface area contributed by atoms with E-state index in [0.717, 1.165) is 36.1 Å². The molecule has 0 aliphatic carbocycles. The predicted molar refractivity (Wildman–Crippen MR) is 93.8 cm³/mol. The third-order valence-corrected chi connectivity index (χ3v) is 4.15. The normalized spacial score (nSPS) is 11.9. The summed E-state index contributed by atoms with van der Waals surface area (Å²) >= 11 is 0. The summed E-state index contributed by atoms with van der Waals surface area (Å²) in [6.07, 6.45) is 7.58. The second-order valence-corrected chi connectivity index (χ2v) is 6.99. The van der Waals surface area contributed by atoms with Gasteiger partial charge in [0.05, 0.1) is 0 Å². The monoisotopic (exact) mass is 298 g/mol. The van der Waals surface area contributed by atoms with E-state index in [1.807, 2.05) is 24.5 Å². The molecule has 0 saturated carbocycles. The van der Waals surface area contributed by atoms with Crippen LogP contribution in [0.25, 0.3) is 0 Å². The average Bonchev–Trinajstić information content (AvgIpc) is 2.39. The van der Waals surface area contributed by atoms with Crippen molar-refractivity contribution in [3.05, 3.63) is 29.6 Å². The fourth-order valence-corrected chi connectivity index (χ4v) is 3.00. The van der Waals surface area contributed by atoms with Crippen LogP contribution in [-0.2, 0) is 0 Å². The van der Waals surface area contributed by atoms with Crippen molar-refractivity contribution in [3.8, 4) is 0 Å². The maximum Gasteiger partial charge on any atom is 0.139 e. The topological polar surface area (TPSA) is 0 Å². The van der Waals surface area contributed by atoms with Crippen LogP contribution in [0.5, 0.6) is 0 Å². The highest BCUT2D eigenvalue weighted by molar-refractivity contribution is 8.13. The van der Waals surface area contributed by atoms with Gasteiger partial charge < -0.3 is 0 Å². The summed E-state index contributed by atoms with van der Waals surface area (Å²) in [6.45, 7) is 8.58. The van der Waals surface area contributed by atoms with E-state index in [1.54, 1.807) is 0 Å². The Labute approximate surface area is 127 Å². The van der Waals surface area contributed by atoms with Gasteiger partial charge in [-0.25, -0.2) is 4.39 Å². The SMILES string of the molecule is C=S(C)c1cccc(C(CCC)CCC)c1F.CCC. The lowest BCUT2D eigenvalue weighted by molar-refractivity contribution is 0.509. The molecule has 0 nitrogen and oxygen atoms in total. The van der Waals surface area contributed by atoms with Crippen LogP contribution < -0.4 is 0 Å². The van der Waals surface area contributed by atoms with Crippen LogP contribution in [0.2, 0.25) is 0 Å². The zero-order chi connectivity index (χ0) is 15.5. The molecule has 1 aromatic carbocycles. The predicted octanol–water partition coefficient (Wildman–Crippen LogP) is 6.62. The first-order valence-electron chi connectivity index (χ1n) is 7.77. The number of benzene rings is 1. The lowest BCUT2D eigenvalue weighted by Crippen LogP contribution is -2.02. The molecule has 0 heterocycles. The minimum atomic E-state index is -0.250. The van der Waals surface area contributed by atoms with Crippen LogP contribution in [0.15, 0.2) is 23.1 Å². The molecule has 116 valence electrons. The Bertz CT molecular complexity index is 392. The van der Waals surface area contributed by atoms with Gasteiger partial charge in [0.15, 0.2) is 0 Å². The van der Waals surface area contributed by atoms with Crippen molar-refractivity contribution in [1.82, 2.24) is 0 Å². The van der Waals surface area contributed by atoms with Crippen LogP contribution in [0.1, 0.15) is 71.3 Å². The standard InChI is InChI=1S/C15H23FS.C3H8/c1-5-8-12(9-6-2)13-10-7-11-14(15(13)16)17(3)4;1-3-2/h7,10-12H,3,5-6,8-9H2,1-2,4H3;3H2,1-2H3. The highest BCUT2D eigenvalue weighted by Gasteiger charge is 2.16. The van der Waals surface area contributed by atoms with E-state index in [4.69, 9.17) is 0 Å². The molecular weight excluding hydrogens is 267 g/mol. The minimum Gasteiger partial charge on any atom is -0.205 e. The van der Waals surface area contributed by atoms with Gasteiger partial charge in [-0.1, -0.05) is 65.0 Å². The van der Waals surface area contributed by atoms with Gasteiger partial charge in [-0.2, -0.15) is 10.5 Å². The molecule has 1 rings (SSSR count). The molecular formula is C18H31FS. The number of rotatable bonds is 6. The van der Waals surface area contributed by atoms with Gasteiger partial charge in [-0.05, 0) is 36.6 Å². The molecule has 0 aliphatic rings. The molecule has 2 heteroatoms. The molecule has 0 fully saturated rings. The zero-order valence-electron chi connectivity index (χ0n) is 13.8. The quantitative estimate of drug-likeness (QED) is 0.518. The molecule has 0 saturated heterocycles. The Hall–Kier alpha value is -0.630. The number of halogens is 1. The first-order valence-corrected chi connectivity index (χ1v) is 9.57. The molecule has 1 unspecified atom stereocenters. The van der Waals surface area contributed by atoms with Crippen LogP contribution in [0.4, 0.5) is 4.39 Å². The van der Waals surface area contributed by atoms with E-state index in [0.29, 0.717) is 5.92 Å². The van der Waals surface area contributed by atoms with E-state index >= 15 is 0 Å². The zero-order valence-corrected chi connectivity index (χ0v) is 14.7. The van der Waals surface area contributed by atoms with Crippen molar-refractivity contribution in [2.24, 2.45) is 0 Å². The third kappa shape index (κ3) is 6.21. The first-order chi connectivity index (χ1) is 9.53. The van der Waals surface area contributed by atoms with E-state index in [-0.39, 0.29) is 16.3 Å². The van der Waals surface area contributed by atoms with Gasteiger partial charge >= 0.3 is 0 Å². The molecule has 0 aromatic heterocycles. The summed E-state index contributed by atoms with van der Waals surface area (Å²) in [7, 11) is -0.250. The summed E-state index contributed by atoms with van der Waals surface area (Å²) in [6, 6.07) is 5.78. The number of hydrogen-bond donors (Lipinski definition) is 0. The Kier molecular flexibility index (Phi) is 10.7. The van der Waals surface area contributed by atoms with E-state index in [1.165, 1.54) is 6.42 Å². The smallest absolute Gasteiger partial charge is 0.139 e. The van der Waals surface area contributed by atoms with Gasteiger partial charge in [0.25, 0.3) is 0 Å². The minimum absolute atomic E-state index is 0.0137. The third-order valence-electron chi connectivity index (χ3n) is 3.08. The molecule has 20 heavy (non-hydrogen) atoms. The molecule has 0 amide bonds. The Morgan fingerprint density at radius 1 is 1.10 bits per heavy atom. The fourth-order valence-electron chi connectivity index (χ4n) is 2.26. The molecule has 1 aromatic rings. The second kappa shape index (κ2) is 11.1. The van der Waals surface area contributed by atoms with Crippen LogP contribution in [0.3, 0.4) is 0 Å². The van der Waals surface area contributed by atoms with Gasteiger partial charge in [0.2, 0.25) is 0 Å². The van der Waals surface area contributed by atoms with Crippen molar-refractivity contribution in [2.75, 3.05) is 6.26 Å². The molecule has 0 bridgehead atoms. The summed E-state index contributed by atoms with van der Waals surface area (Å²) in [4.78, 5) is 0.778. The molecule has 1 atom stereocenters. The largest absolute Gasteiger partial charge is 0.205 e. The van der Waals surface area contributed by atoms with Crippen molar-refractivity contribution >= 4 is 16.4 Å². The molecule has 0 aliphatic heterocycles. The highest BCUT2D eigenvalue weighted by Crippen LogP contribution is 2.33. The van der Waals surface area contributed by atoms with Crippen molar-refractivity contribution < 1.29 is 4.39 Å². The summed E-state index contributed by atoms with van der Waals surface area (Å²) in [5.41, 5.74) is 0.897. The lowest BCUT2D eigenvalue weighted by atomic mass is 9.90. The van der Waals surface area contributed by atoms with Gasteiger partial charge in [-0.15, -0.1) is 0 Å². The van der Waals surface area contributed by atoms with Gasteiger partial charge in [0, 0.05) is 4.90 Å². The molecule has 0 N–H and O–H groups in total. The Balaban J connectivity index is 0.00000110. The molecule has 0 spiro atoms. The lowest BCUT2D eigenvalue weighted by Gasteiger charge is -2.18. The van der Waals surface area contributed by atoms with E-state index < -0.39 is 0 Å². The molecule has 0 radical (unpaired) electrons. The summed E-state index contributed by atoms with van der Waals surface area (Å²) in [5.74, 6) is 4.31. The summed E-state index contributed by atoms with van der Waals surface area (Å²) in [5, 5.41) is 0. The van der Waals surface area contributed by atoms with Crippen molar-refractivity contribution in [2.45, 2.75) is 70.6 Å². The van der Waals surface area contributed by atoms with Crippen LogP contribution in [0, 0.1) is 5.82 Å². The van der Waals surface area contributed by atoms with Gasteiger partial charge in [0.1, 0.15) is 5.82 Å². The second-order valence-electron chi connectivity index (χ2n) is 5.28. The van der Waals surface area contributed by atoms with Gasteiger partial charge in [-0.3, -0.25) is 0 Å². The van der Waals surface area contributed by atoms with Crippen LogP contribution >= 0.6 is 10.5 Å². The Morgan fingerprint density at radius 3 is 2.00 bits per heavy atom. The van der Waals surface area contributed by atoms with E-state index in [9.17, 15) is 4.39 Å². The van der Waals surface area contributed by atoms with Crippen molar-refractivity contribution in [1.29, 1.82) is 0 Å². The van der Waals surface area contributed by atoms with Crippen molar-refractivity contribution in [3.63, 3.8) is 0 Å². The van der Waals surface area contributed by atoms with Crippen LogP contribution in [-0.4, -0.2) is 12.1 Å². The maximum atomic E-state index is 14.4. The Morgan fingerprint density at radius 2 is 1.60 bits per heavy atom. The van der Waals surface area contributed by atoms with E-state index in [2.05, 4.69) is 33.6 Å². The number of hydrogen-bond acceptors (Lipinski definition) is 0. The first kappa shape index (κ1) is 19.4. The highest BCUT2D eigenvalue weighted by atomic mass is 32.2. The average molecular weight is 299 g/mol.